The molecule has 0 bridgehead atoms. The van der Waals surface area contributed by atoms with E-state index in [1.54, 1.807) is 12.0 Å². The summed E-state index contributed by atoms with van der Waals surface area (Å²) in [5, 5.41) is 0. The van der Waals surface area contributed by atoms with E-state index in [4.69, 9.17) is 9.47 Å². The molecular formula is C25H31NO3. The lowest BCUT2D eigenvalue weighted by atomic mass is 9.93. The van der Waals surface area contributed by atoms with Gasteiger partial charge in [0.1, 0.15) is 11.4 Å². The third kappa shape index (κ3) is 4.26. The first-order valence-electron chi connectivity index (χ1n) is 10.6. The second-order valence-corrected chi connectivity index (χ2v) is 9.27. The average molecular weight is 394 g/mol. The molecule has 0 saturated heterocycles. The van der Waals surface area contributed by atoms with E-state index in [9.17, 15) is 4.79 Å². The Kier molecular flexibility index (Phi) is 5.28. The van der Waals surface area contributed by atoms with Gasteiger partial charge in [0.2, 0.25) is 0 Å². The summed E-state index contributed by atoms with van der Waals surface area (Å²) in [6.45, 7) is 6.45. The van der Waals surface area contributed by atoms with Crippen molar-refractivity contribution in [1.29, 1.82) is 0 Å². The van der Waals surface area contributed by atoms with E-state index in [-0.39, 0.29) is 6.09 Å². The summed E-state index contributed by atoms with van der Waals surface area (Å²) in [4.78, 5) is 14.4. The highest BCUT2D eigenvalue weighted by Crippen LogP contribution is 2.36. The van der Waals surface area contributed by atoms with Gasteiger partial charge in [0, 0.05) is 6.54 Å². The van der Waals surface area contributed by atoms with E-state index in [1.165, 1.54) is 22.3 Å². The van der Waals surface area contributed by atoms with E-state index in [1.807, 2.05) is 20.8 Å². The monoisotopic (exact) mass is 393 g/mol. The van der Waals surface area contributed by atoms with Gasteiger partial charge in [-0.15, -0.1) is 0 Å². The minimum atomic E-state index is -0.479. The quantitative estimate of drug-likeness (QED) is 0.706. The summed E-state index contributed by atoms with van der Waals surface area (Å²) in [6, 6.07) is 13.0. The molecule has 4 heteroatoms. The lowest BCUT2D eigenvalue weighted by molar-refractivity contribution is 0.0578. The number of hydrogen-bond donors (Lipinski definition) is 0. The van der Waals surface area contributed by atoms with Crippen LogP contribution in [0.2, 0.25) is 0 Å². The van der Waals surface area contributed by atoms with Crippen LogP contribution in [-0.2, 0) is 30.4 Å². The average Bonchev–Trinajstić information content (AvgIpc) is 3.08. The molecule has 1 unspecified atom stereocenters. The van der Waals surface area contributed by atoms with Crippen LogP contribution in [0.25, 0.3) is 0 Å². The van der Waals surface area contributed by atoms with Gasteiger partial charge < -0.3 is 9.47 Å². The first kappa shape index (κ1) is 19.8. The van der Waals surface area contributed by atoms with E-state index in [0.717, 1.165) is 50.1 Å². The van der Waals surface area contributed by atoms with Gasteiger partial charge >= 0.3 is 6.09 Å². The number of hydrogen-bond acceptors (Lipinski definition) is 3. The van der Waals surface area contributed by atoms with E-state index >= 15 is 0 Å². The van der Waals surface area contributed by atoms with Crippen molar-refractivity contribution in [3.63, 3.8) is 0 Å². The number of carbonyl (C=O) groups excluding carboxylic acids is 1. The fraction of sp³-hybridized carbons (Fsp3) is 0.480. The van der Waals surface area contributed by atoms with Gasteiger partial charge in [0.05, 0.1) is 12.8 Å². The van der Waals surface area contributed by atoms with Crippen LogP contribution in [-0.4, -0.2) is 25.3 Å². The standard InChI is InChI=1S/C25H31NO3/c1-25(2,3)29-24(27)26-12-6-8-20-14-17(10-11-22(20)26)13-18-15-19-7-5-9-23(28-4)21(19)16-18/h5,7,9-11,14,18H,6,8,12-13,15-16H2,1-4H3. The van der Waals surface area contributed by atoms with Crippen molar-refractivity contribution in [2.45, 2.75) is 58.5 Å². The Balaban J connectivity index is 1.48. The first-order chi connectivity index (χ1) is 13.8. The van der Waals surface area contributed by atoms with Gasteiger partial charge in [0.25, 0.3) is 0 Å². The van der Waals surface area contributed by atoms with Crippen molar-refractivity contribution < 1.29 is 14.3 Å². The van der Waals surface area contributed by atoms with Gasteiger partial charge in [0.15, 0.2) is 0 Å². The molecule has 1 heterocycles. The molecule has 4 rings (SSSR count). The van der Waals surface area contributed by atoms with E-state index in [0.29, 0.717) is 5.92 Å². The molecule has 154 valence electrons. The molecule has 0 radical (unpaired) electrons. The Hall–Kier alpha value is -2.49. The predicted molar refractivity (Wildman–Crippen MR) is 116 cm³/mol. The molecule has 0 spiro atoms. The lowest BCUT2D eigenvalue weighted by Gasteiger charge is -2.32. The van der Waals surface area contributed by atoms with Crippen LogP contribution in [0.5, 0.6) is 5.75 Å². The molecule has 0 fully saturated rings. The maximum Gasteiger partial charge on any atom is 0.414 e. The SMILES string of the molecule is COc1cccc2c1CC(Cc1ccc3c(c1)CCCN3C(=O)OC(C)(C)C)C2. The molecule has 2 aliphatic rings. The van der Waals surface area contributed by atoms with Crippen LogP contribution in [0.15, 0.2) is 36.4 Å². The number of carbonyl (C=O) groups is 1. The summed E-state index contributed by atoms with van der Waals surface area (Å²) in [5.41, 5.74) is 5.93. The van der Waals surface area contributed by atoms with Crippen LogP contribution in [0.4, 0.5) is 10.5 Å². The van der Waals surface area contributed by atoms with Gasteiger partial charge in [-0.05, 0) is 93.2 Å². The Labute approximate surface area is 173 Å². The van der Waals surface area contributed by atoms with Gasteiger partial charge in [-0.2, -0.15) is 0 Å². The minimum Gasteiger partial charge on any atom is -0.496 e. The molecular weight excluding hydrogens is 362 g/mol. The number of benzene rings is 2. The van der Waals surface area contributed by atoms with E-state index in [2.05, 4.69) is 36.4 Å². The highest BCUT2D eigenvalue weighted by Gasteiger charge is 2.28. The maximum atomic E-state index is 12.6. The number of fused-ring (bicyclic) bond motifs is 2. The summed E-state index contributed by atoms with van der Waals surface area (Å²) in [5.74, 6) is 1.62. The van der Waals surface area contributed by atoms with Crippen LogP contribution in [0.1, 0.15) is 49.4 Å². The summed E-state index contributed by atoms with van der Waals surface area (Å²) < 4.78 is 11.2. The molecule has 1 aliphatic carbocycles. The fourth-order valence-electron chi connectivity index (χ4n) is 4.66. The zero-order valence-electron chi connectivity index (χ0n) is 18.0. The van der Waals surface area contributed by atoms with Crippen molar-refractivity contribution in [3.8, 4) is 5.75 Å². The molecule has 1 atom stereocenters. The molecule has 1 aliphatic heterocycles. The van der Waals surface area contributed by atoms with Crippen molar-refractivity contribution in [1.82, 2.24) is 0 Å². The number of amides is 1. The normalized spacial score (nSPS) is 18.2. The number of methoxy groups -OCH3 is 1. The molecule has 2 aromatic rings. The molecule has 1 amide bonds. The van der Waals surface area contributed by atoms with Gasteiger partial charge in [-0.25, -0.2) is 4.79 Å². The largest absolute Gasteiger partial charge is 0.496 e. The number of aryl methyl sites for hydroxylation is 1. The third-order valence-corrected chi connectivity index (χ3v) is 5.85. The first-order valence-corrected chi connectivity index (χ1v) is 10.6. The van der Waals surface area contributed by atoms with Crippen LogP contribution < -0.4 is 9.64 Å². The van der Waals surface area contributed by atoms with Crippen LogP contribution in [0, 0.1) is 5.92 Å². The van der Waals surface area contributed by atoms with Gasteiger partial charge in [-0.1, -0.05) is 24.3 Å². The smallest absolute Gasteiger partial charge is 0.414 e. The topological polar surface area (TPSA) is 38.8 Å². The molecule has 0 N–H and O–H groups in total. The third-order valence-electron chi connectivity index (χ3n) is 5.85. The van der Waals surface area contributed by atoms with Gasteiger partial charge in [-0.3, -0.25) is 4.90 Å². The van der Waals surface area contributed by atoms with Crippen molar-refractivity contribution >= 4 is 11.8 Å². The number of anilines is 1. The summed E-state index contributed by atoms with van der Waals surface area (Å²) >= 11 is 0. The summed E-state index contributed by atoms with van der Waals surface area (Å²) in [7, 11) is 1.75. The lowest BCUT2D eigenvalue weighted by Crippen LogP contribution is -2.39. The van der Waals surface area contributed by atoms with Crippen molar-refractivity contribution in [2.75, 3.05) is 18.6 Å². The minimum absolute atomic E-state index is 0.246. The number of rotatable bonds is 3. The van der Waals surface area contributed by atoms with E-state index < -0.39 is 5.60 Å². The van der Waals surface area contributed by atoms with Crippen molar-refractivity contribution in [2.24, 2.45) is 5.92 Å². The number of nitrogens with zero attached hydrogens (tertiary/aromatic N) is 1. The second-order valence-electron chi connectivity index (χ2n) is 9.27. The predicted octanol–water partition coefficient (Wildman–Crippen LogP) is 5.34. The zero-order chi connectivity index (χ0) is 20.6. The summed E-state index contributed by atoms with van der Waals surface area (Å²) in [6.07, 6.45) is 4.97. The Morgan fingerprint density at radius 2 is 1.97 bits per heavy atom. The van der Waals surface area contributed by atoms with Crippen LogP contribution in [0.3, 0.4) is 0 Å². The second kappa shape index (κ2) is 7.74. The Morgan fingerprint density at radius 3 is 2.72 bits per heavy atom. The fourth-order valence-corrected chi connectivity index (χ4v) is 4.66. The molecule has 0 aromatic heterocycles. The molecule has 4 nitrogen and oxygen atoms in total. The molecule has 2 aromatic carbocycles. The Morgan fingerprint density at radius 1 is 1.14 bits per heavy atom. The van der Waals surface area contributed by atoms with Crippen LogP contribution >= 0.6 is 0 Å². The zero-order valence-corrected chi connectivity index (χ0v) is 18.0. The highest BCUT2D eigenvalue weighted by atomic mass is 16.6. The highest BCUT2D eigenvalue weighted by molar-refractivity contribution is 5.89. The Bertz CT molecular complexity index is 913. The number of ether oxygens (including phenoxy) is 2. The molecule has 29 heavy (non-hydrogen) atoms. The maximum absolute atomic E-state index is 12.6. The molecule has 0 saturated carbocycles. The van der Waals surface area contributed by atoms with Crippen molar-refractivity contribution in [3.05, 3.63) is 58.7 Å².